The fourth-order valence-electron chi connectivity index (χ4n) is 3.91. The lowest BCUT2D eigenvalue weighted by molar-refractivity contribution is -0.0328. The van der Waals surface area contributed by atoms with Crippen LogP contribution in [0.25, 0.3) is 0 Å². The van der Waals surface area contributed by atoms with Crippen molar-refractivity contribution in [2.24, 2.45) is 0 Å². The SMILES string of the molecule is CC1(C)CN(c2ccc(SC(F)(F)F)cc2)CN1Cc1ccncc1C(=O)Oc1ccccc1. The fraction of sp³-hybridized carbons (Fsp3) is 0.280. The Labute approximate surface area is 200 Å². The number of hydrogen-bond acceptors (Lipinski definition) is 6. The third-order valence-corrected chi connectivity index (χ3v) is 6.40. The lowest BCUT2D eigenvalue weighted by Crippen LogP contribution is -2.39. The second-order valence-electron chi connectivity index (χ2n) is 8.63. The third-order valence-electron chi connectivity index (χ3n) is 5.66. The molecule has 1 aliphatic heterocycles. The Morgan fingerprint density at radius 3 is 2.47 bits per heavy atom. The van der Waals surface area contributed by atoms with Gasteiger partial charge in [-0.25, -0.2) is 4.79 Å². The monoisotopic (exact) mass is 487 g/mol. The highest BCUT2D eigenvalue weighted by Crippen LogP contribution is 2.38. The van der Waals surface area contributed by atoms with Gasteiger partial charge in [0, 0.05) is 41.6 Å². The first kappa shape index (κ1) is 24.1. The molecule has 0 saturated carbocycles. The topological polar surface area (TPSA) is 45.7 Å². The zero-order chi connectivity index (χ0) is 24.3. The van der Waals surface area contributed by atoms with E-state index >= 15 is 0 Å². The lowest BCUT2D eigenvalue weighted by atomic mass is 10.0. The van der Waals surface area contributed by atoms with E-state index in [0.717, 1.165) is 11.3 Å². The summed E-state index contributed by atoms with van der Waals surface area (Å²) in [5.41, 5.74) is -2.50. The number of rotatable bonds is 6. The fourth-order valence-corrected chi connectivity index (χ4v) is 4.45. The van der Waals surface area contributed by atoms with Crippen LogP contribution >= 0.6 is 11.8 Å². The van der Waals surface area contributed by atoms with Crippen LogP contribution < -0.4 is 9.64 Å². The predicted molar refractivity (Wildman–Crippen MR) is 126 cm³/mol. The van der Waals surface area contributed by atoms with Gasteiger partial charge >= 0.3 is 11.5 Å². The first-order valence-corrected chi connectivity index (χ1v) is 11.5. The molecule has 0 bridgehead atoms. The number of benzene rings is 2. The van der Waals surface area contributed by atoms with Crippen molar-refractivity contribution < 1.29 is 22.7 Å². The molecule has 0 amide bonds. The Morgan fingerprint density at radius 2 is 1.79 bits per heavy atom. The number of ether oxygens (including phenoxy) is 1. The molecular formula is C25H24F3N3O2S. The van der Waals surface area contributed by atoms with Crippen LogP contribution in [0, 0.1) is 0 Å². The lowest BCUT2D eigenvalue weighted by Gasteiger charge is -2.30. The predicted octanol–water partition coefficient (Wildman–Crippen LogP) is 5.97. The van der Waals surface area contributed by atoms with E-state index in [1.54, 1.807) is 42.6 Å². The molecule has 0 aliphatic carbocycles. The van der Waals surface area contributed by atoms with Gasteiger partial charge < -0.3 is 9.64 Å². The molecule has 3 aromatic rings. The van der Waals surface area contributed by atoms with Crippen molar-refractivity contribution in [1.82, 2.24) is 9.88 Å². The number of halogens is 3. The molecule has 0 spiro atoms. The van der Waals surface area contributed by atoms with E-state index in [1.165, 1.54) is 18.3 Å². The molecule has 178 valence electrons. The molecule has 9 heteroatoms. The normalized spacial score (nSPS) is 16.0. The molecule has 1 fully saturated rings. The molecule has 1 aromatic heterocycles. The number of carbonyl (C=O) groups excluding carboxylic acids is 1. The van der Waals surface area contributed by atoms with Crippen LogP contribution in [0.5, 0.6) is 5.75 Å². The average molecular weight is 488 g/mol. The Hall–Kier alpha value is -3.04. The van der Waals surface area contributed by atoms with Crippen molar-refractivity contribution in [3.8, 4) is 5.75 Å². The maximum Gasteiger partial charge on any atom is 0.446 e. The minimum absolute atomic E-state index is 0.120. The van der Waals surface area contributed by atoms with Crippen molar-refractivity contribution in [1.29, 1.82) is 0 Å². The molecule has 2 heterocycles. The van der Waals surface area contributed by atoms with Gasteiger partial charge in [0.05, 0.1) is 12.2 Å². The van der Waals surface area contributed by atoms with Crippen LogP contribution in [0.3, 0.4) is 0 Å². The van der Waals surface area contributed by atoms with Gasteiger partial charge in [-0.2, -0.15) is 13.2 Å². The quantitative estimate of drug-likeness (QED) is 0.243. The van der Waals surface area contributed by atoms with Gasteiger partial charge in [0.2, 0.25) is 0 Å². The maximum atomic E-state index is 12.8. The van der Waals surface area contributed by atoms with E-state index in [-0.39, 0.29) is 22.2 Å². The third kappa shape index (κ3) is 5.90. The zero-order valence-electron chi connectivity index (χ0n) is 18.7. The number of nitrogens with zero attached hydrogens (tertiary/aromatic N) is 3. The summed E-state index contributed by atoms with van der Waals surface area (Å²) in [5, 5.41) is 0. The van der Waals surface area contributed by atoms with Crippen molar-refractivity contribution >= 4 is 23.4 Å². The second kappa shape index (κ2) is 9.68. The Kier molecular flexibility index (Phi) is 6.86. The molecule has 1 saturated heterocycles. The van der Waals surface area contributed by atoms with Crippen LogP contribution in [0.4, 0.5) is 18.9 Å². The van der Waals surface area contributed by atoms with E-state index in [2.05, 4.69) is 28.6 Å². The number of hydrogen-bond donors (Lipinski definition) is 0. The van der Waals surface area contributed by atoms with Crippen molar-refractivity contribution in [2.75, 3.05) is 18.1 Å². The van der Waals surface area contributed by atoms with Gasteiger partial charge in [0.15, 0.2) is 0 Å². The summed E-state index contributed by atoms with van der Waals surface area (Å²) in [6, 6.07) is 17.1. The zero-order valence-corrected chi connectivity index (χ0v) is 19.6. The Morgan fingerprint density at radius 1 is 1.09 bits per heavy atom. The first-order valence-electron chi connectivity index (χ1n) is 10.7. The highest BCUT2D eigenvalue weighted by atomic mass is 32.2. The van der Waals surface area contributed by atoms with Crippen LogP contribution in [0.2, 0.25) is 0 Å². The molecular weight excluding hydrogens is 463 g/mol. The average Bonchev–Trinajstić information content (AvgIpc) is 3.08. The van der Waals surface area contributed by atoms with Crippen molar-refractivity contribution in [3.63, 3.8) is 0 Å². The second-order valence-corrected chi connectivity index (χ2v) is 9.77. The summed E-state index contributed by atoms with van der Waals surface area (Å²) in [4.78, 5) is 21.4. The van der Waals surface area contributed by atoms with Crippen LogP contribution in [0.1, 0.15) is 29.8 Å². The van der Waals surface area contributed by atoms with E-state index in [9.17, 15) is 18.0 Å². The van der Waals surface area contributed by atoms with Crippen LogP contribution in [0.15, 0.2) is 78.0 Å². The molecule has 5 nitrogen and oxygen atoms in total. The summed E-state index contributed by atoms with van der Waals surface area (Å²) in [5.74, 6) is -0.0111. The molecule has 34 heavy (non-hydrogen) atoms. The largest absolute Gasteiger partial charge is 0.446 e. The molecule has 1 aliphatic rings. The van der Waals surface area contributed by atoms with Crippen molar-refractivity contribution in [2.45, 2.75) is 36.3 Å². The van der Waals surface area contributed by atoms with Gasteiger partial charge in [0.25, 0.3) is 0 Å². The standard InChI is InChI=1S/C25H24F3N3O2S/c1-24(2)16-30(19-8-10-21(11-9-19)34-25(26,27)28)17-31(24)15-18-12-13-29-14-22(18)23(32)33-20-6-4-3-5-7-20/h3-14H,15-17H2,1-2H3. The number of para-hydroxylation sites is 1. The number of pyridine rings is 1. The Bertz CT molecular complexity index is 1140. The summed E-state index contributed by atoms with van der Waals surface area (Å²) in [7, 11) is 0. The number of anilines is 1. The summed E-state index contributed by atoms with van der Waals surface area (Å²) in [6.45, 7) is 5.95. The van der Waals surface area contributed by atoms with Crippen LogP contribution in [-0.4, -0.2) is 40.1 Å². The molecule has 2 aromatic carbocycles. The van der Waals surface area contributed by atoms with Gasteiger partial charge in [-0.3, -0.25) is 9.88 Å². The summed E-state index contributed by atoms with van der Waals surface area (Å²) >= 11 is -0.120. The minimum Gasteiger partial charge on any atom is -0.423 e. The Balaban J connectivity index is 1.48. The van der Waals surface area contributed by atoms with Gasteiger partial charge in [-0.15, -0.1) is 0 Å². The number of aromatic nitrogens is 1. The molecule has 0 atom stereocenters. The number of alkyl halides is 3. The molecule has 0 radical (unpaired) electrons. The van der Waals surface area contributed by atoms with E-state index < -0.39 is 11.5 Å². The number of esters is 1. The maximum absolute atomic E-state index is 12.8. The summed E-state index contributed by atoms with van der Waals surface area (Å²) < 4.78 is 43.4. The molecule has 0 unspecified atom stereocenters. The number of carbonyl (C=O) groups is 1. The minimum atomic E-state index is -4.31. The number of thioether (sulfide) groups is 1. The first-order chi connectivity index (χ1) is 16.1. The van der Waals surface area contributed by atoms with E-state index in [1.807, 2.05) is 12.1 Å². The van der Waals surface area contributed by atoms with Crippen molar-refractivity contribution in [3.05, 3.63) is 84.2 Å². The molecule has 4 rings (SSSR count). The van der Waals surface area contributed by atoms with Gasteiger partial charge in [-0.05, 0) is 73.6 Å². The highest BCUT2D eigenvalue weighted by molar-refractivity contribution is 8.00. The smallest absolute Gasteiger partial charge is 0.423 e. The van der Waals surface area contributed by atoms with Gasteiger partial charge in [0.1, 0.15) is 5.75 Å². The molecule has 0 N–H and O–H groups in total. The highest BCUT2D eigenvalue weighted by Gasteiger charge is 2.38. The van der Waals surface area contributed by atoms with E-state index in [4.69, 9.17) is 4.74 Å². The summed E-state index contributed by atoms with van der Waals surface area (Å²) in [6.07, 6.45) is 3.16. The van der Waals surface area contributed by atoms with Gasteiger partial charge in [-0.1, -0.05) is 18.2 Å². The van der Waals surface area contributed by atoms with Crippen LogP contribution in [-0.2, 0) is 6.54 Å². The van der Waals surface area contributed by atoms with E-state index in [0.29, 0.717) is 31.1 Å².